The van der Waals surface area contributed by atoms with E-state index in [2.05, 4.69) is 24.1 Å². The summed E-state index contributed by atoms with van der Waals surface area (Å²) in [6.07, 6.45) is 6.51. The molecule has 0 bridgehead atoms. The summed E-state index contributed by atoms with van der Waals surface area (Å²) in [5.74, 6) is 1.59. The normalized spacial score (nSPS) is 17.9. The highest BCUT2D eigenvalue weighted by atomic mass is 16.5. The summed E-state index contributed by atoms with van der Waals surface area (Å²) >= 11 is 0. The second-order valence-corrected chi connectivity index (χ2v) is 8.24. The Hall–Kier alpha value is -1.59. The quantitative estimate of drug-likeness (QED) is 0.556. The molecule has 0 aliphatic carbocycles. The maximum Gasteiger partial charge on any atom is 0.256 e. The molecule has 0 radical (unpaired) electrons. The fourth-order valence-corrected chi connectivity index (χ4v) is 3.50. The first kappa shape index (κ1) is 22.7. The third-order valence-corrected chi connectivity index (χ3v) is 5.85. The molecule has 0 saturated carbocycles. The summed E-state index contributed by atoms with van der Waals surface area (Å²) < 4.78 is 11.4. The predicted octanol–water partition coefficient (Wildman–Crippen LogP) is 4.72. The summed E-state index contributed by atoms with van der Waals surface area (Å²) in [6.45, 7) is 10.3. The highest BCUT2D eigenvalue weighted by Crippen LogP contribution is 2.23. The van der Waals surface area contributed by atoms with E-state index in [4.69, 9.17) is 9.47 Å². The van der Waals surface area contributed by atoms with Crippen molar-refractivity contribution >= 4 is 11.6 Å². The SMILES string of the molecule is CCCCCC(C)(OC)C(=O)Nc1ccc(OCCN2CCC(C)CC2)cc1. The Labute approximate surface area is 170 Å². The van der Waals surface area contributed by atoms with Gasteiger partial charge in [0.25, 0.3) is 5.91 Å². The molecule has 1 unspecified atom stereocenters. The lowest BCUT2D eigenvalue weighted by Gasteiger charge is -2.29. The average Bonchev–Trinajstić information content (AvgIpc) is 2.70. The molecule has 0 spiro atoms. The van der Waals surface area contributed by atoms with Gasteiger partial charge in [0.1, 0.15) is 18.0 Å². The molecule has 1 aliphatic heterocycles. The van der Waals surface area contributed by atoms with Gasteiger partial charge in [0.2, 0.25) is 0 Å². The zero-order chi connectivity index (χ0) is 20.4. The van der Waals surface area contributed by atoms with E-state index in [9.17, 15) is 4.79 Å². The van der Waals surface area contributed by atoms with Crippen LogP contribution in [0.1, 0.15) is 59.3 Å². The highest BCUT2D eigenvalue weighted by Gasteiger charge is 2.32. The van der Waals surface area contributed by atoms with Crippen LogP contribution in [-0.2, 0) is 9.53 Å². The number of likely N-dealkylation sites (tertiary alicyclic amines) is 1. The van der Waals surface area contributed by atoms with E-state index in [1.807, 2.05) is 31.2 Å². The van der Waals surface area contributed by atoms with Crippen molar-refractivity contribution in [1.29, 1.82) is 0 Å². The van der Waals surface area contributed by atoms with E-state index in [-0.39, 0.29) is 5.91 Å². The number of nitrogens with one attached hydrogen (secondary N) is 1. The van der Waals surface area contributed by atoms with Gasteiger partial charge in [-0.25, -0.2) is 0 Å². The Bertz CT molecular complexity index is 582. The molecule has 28 heavy (non-hydrogen) atoms. The summed E-state index contributed by atoms with van der Waals surface area (Å²) in [4.78, 5) is 15.1. The van der Waals surface area contributed by atoms with Gasteiger partial charge in [-0.2, -0.15) is 0 Å². The number of hydrogen-bond acceptors (Lipinski definition) is 4. The smallest absolute Gasteiger partial charge is 0.256 e. The van der Waals surface area contributed by atoms with Crippen LogP contribution in [0.5, 0.6) is 5.75 Å². The van der Waals surface area contributed by atoms with Crippen molar-refractivity contribution in [1.82, 2.24) is 4.90 Å². The van der Waals surface area contributed by atoms with Gasteiger partial charge in [-0.3, -0.25) is 9.69 Å². The maximum atomic E-state index is 12.6. The Morgan fingerprint density at radius 2 is 1.89 bits per heavy atom. The lowest BCUT2D eigenvalue weighted by molar-refractivity contribution is -0.136. The number of amides is 1. The van der Waals surface area contributed by atoms with Gasteiger partial charge in [0.15, 0.2) is 0 Å². The lowest BCUT2D eigenvalue weighted by atomic mass is 9.97. The number of methoxy groups -OCH3 is 1. The third-order valence-electron chi connectivity index (χ3n) is 5.85. The van der Waals surface area contributed by atoms with E-state index in [1.165, 1.54) is 25.9 Å². The zero-order valence-electron chi connectivity index (χ0n) is 18.1. The van der Waals surface area contributed by atoms with E-state index < -0.39 is 5.60 Å². The van der Waals surface area contributed by atoms with Gasteiger partial charge in [0.05, 0.1) is 0 Å². The predicted molar refractivity (Wildman–Crippen MR) is 115 cm³/mol. The molecule has 1 fully saturated rings. The Balaban J connectivity index is 1.77. The second kappa shape index (κ2) is 11.4. The van der Waals surface area contributed by atoms with Crippen LogP contribution >= 0.6 is 0 Å². The lowest BCUT2D eigenvalue weighted by Crippen LogP contribution is -2.41. The minimum atomic E-state index is -0.795. The van der Waals surface area contributed by atoms with Crippen molar-refractivity contribution in [3.63, 3.8) is 0 Å². The molecular formula is C23H38N2O3. The Morgan fingerprint density at radius 1 is 1.21 bits per heavy atom. The van der Waals surface area contributed by atoms with Gasteiger partial charge in [-0.1, -0.05) is 33.1 Å². The standard InChI is InChI=1S/C23H38N2O3/c1-5-6-7-14-23(3,27-4)22(26)24-20-8-10-21(11-9-20)28-18-17-25-15-12-19(2)13-16-25/h8-11,19H,5-7,12-18H2,1-4H3,(H,24,26). The molecule has 1 atom stereocenters. The van der Waals surface area contributed by atoms with Crippen LogP contribution in [-0.4, -0.2) is 49.8 Å². The molecule has 1 aromatic carbocycles. The molecule has 158 valence electrons. The number of anilines is 1. The first-order chi connectivity index (χ1) is 13.5. The van der Waals surface area contributed by atoms with Gasteiger partial charge in [-0.05, 0) is 69.5 Å². The van der Waals surface area contributed by atoms with Gasteiger partial charge >= 0.3 is 0 Å². The van der Waals surface area contributed by atoms with Crippen LogP contribution in [0.3, 0.4) is 0 Å². The van der Waals surface area contributed by atoms with Crippen LogP contribution in [0.15, 0.2) is 24.3 Å². The Morgan fingerprint density at radius 3 is 2.50 bits per heavy atom. The van der Waals surface area contributed by atoms with Crippen molar-refractivity contribution in [2.45, 2.75) is 64.9 Å². The number of carbonyl (C=O) groups excluding carboxylic acids is 1. The van der Waals surface area contributed by atoms with E-state index in [0.29, 0.717) is 6.61 Å². The Kier molecular flexibility index (Phi) is 9.26. The number of nitrogens with zero attached hydrogens (tertiary/aromatic N) is 1. The number of hydrogen-bond donors (Lipinski definition) is 1. The first-order valence-electron chi connectivity index (χ1n) is 10.8. The van der Waals surface area contributed by atoms with Gasteiger partial charge in [0, 0.05) is 19.3 Å². The van der Waals surface area contributed by atoms with Crippen LogP contribution in [0, 0.1) is 5.92 Å². The molecule has 1 aromatic rings. The van der Waals surface area contributed by atoms with Gasteiger partial charge in [-0.15, -0.1) is 0 Å². The summed E-state index contributed by atoms with van der Waals surface area (Å²) in [5.41, 5.74) is -0.0304. The minimum Gasteiger partial charge on any atom is -0.492 e. The third kappa shape index (κ3) is 7.10. The van der Waals surface area contributed by atoms with Crippen molar-refractivity contribution in [3.05, 3.63) is 24.3 Å². The minimum absolute atomic E-state index is 0.0981. The zero-order valence-corrected chi connectivity index (χ0v) is 18.1. The molecule has 1 N–H and O–H groups in total. The van der Waals surface area contributed by atoms with E-state index in [1.54, 1.807) is 7.11 Å². The molecule has 0 aromatic heterocycles. The number of carbonyl (C=O) groups is 1. The van der Waals surface area contributed by atoms with Crippen molar-refractivity contribution in [2.75, 3.05) is 38.7 Å². The topological polar surface area (TPSA) is 50.8 Å². The summed E-state index contributed by atoms with van der Waals surface area (Å²) in [7, 11) is 1.60. The van der Waals surface area contributed by atoms with Crippen LogP contribution < -0.4 is 10.1 Å². The monoisotopic (exact) mass is 390 g/mol. The number of rotatable bonds is 11. The van der Waals surface area contributed by atoms with Crippen molar-refractivity contribution in [2.24, 2.45) is 5.92 Å². The molecule has 1 saturated heterocycles. The van der Waals surface area contributed by atoms with E-state index >= 15 is 0 Å². The molecule has 2 rings (SSSR count). The largest absolute Gasteiger partial charge is 0.492 e. The first-order valence-corrected chi connectivity index (χ1v) is 10.8. The number of piperidine rings is 1. The fraction of sp³-hybridized carbons (Fsp3) is 0.696. The molecule has 1 heterocycles. The summed E-state index contributed by atoms with van der Waals surface area (Å²) in [6, 6.07) is 7.60. The number of unbranched alkanes of at least 4 members (excludes halogenated alkanes) is 2. The van der Waals surface area contributed by atoms with E-state index in [0.717, 1.165) is 49.6 Å². The number of ether oxygens (including phenoxy) is 2. The maximum absolute atomic E-state index is 12.6. The second-order valence-electron chi connectivity index (χ2n) is 8.24. The highest BCUT2D eigenvalue weighted by molar-refractivity contribution is 5.97. The fourth-order valence-electron chi connectivity index (χ4n) is 3.50. The number of benzene rings is 1. The van der Waals surface area contributed by atoms with Crippen molar-refractivity contribution in [3.8, 4) is 5.75 Å². The molecular weight excluding hydrogens is 352 g/mol. The van der Waals surface area contributed by atoms with Crippen LogP contribution in [0.4, 0.5) is 5.69 Å². The van der Waals surface area contributed by atoms with Crippen molar-refractivity contribution < 1.29 is 14.3 Å². The van der Waals surface area contributed by atoms with Gasteiger partial charge < -0.3 is 14.8 Å². The summed E-state index contributed by atoms with van der Waals surface area (Å²) in [5, 5.41) is 2.97. The van der Waals surface area contributed by atoms with Crippen LogP contribution in [0.25, 0.3) is 0 Å². The molecule has 1 aliphatic rings. The van der Waals surface area contributed by atoms with Crippen LogP contribution in [0.2, 0.25) is 0 Å². The molecule has 5 heteroatoms. The average molecular weight is 391 g/mol. The molecule has 5 nitrogen and oxygen atoms in total. The molecule has 1 amide bonds.